The summed E-state index contributed by atoms with van der Waals surface area (Å²) in [4.78, 5) is 19.1. The predicted octanol–water partition coefficient (Wildman–Crippen LogP) is 1.61. The van der Waals surface area contributed by atoms with Crippen molar-refractivity contribution in [3.63, 3.8) is 0 Å². The average molecular weight is 444 g/mol. The highest BCUT2D eigenvalue weighted by molar-refractivity contribution is 7.89. The molecule has 3 rings (SSSR count). The van der Waals surface area contributed by atoms with Gasteiger partial charge in [-0.15, -0.1) is 5.10 Å². The van der Waals surface area contributed by atoms with Crippen LogP contribution in [0.1, 0.15) is 28.9 Å². The zero-order chi connectivity index (χ0) is 22.4. The molecule has 0 fully saturated rings. The minimum absolute atomic E-state index is 0.00556. The molecule has 0 aliphatic rings. The summed E-state index contributed by atoms with van der Waals surface area (Å²) < 4.78 is 29.7. The molecule has 0 atom stereocenters. The number of benzene rings is 2. The van der Waals surface area contributed by atoms with Crippen LogP contribution in [0, 0.1) is 0 Å². The van der Waals surface area contributed by atoms with E-state index in [2.05, 4.69) is 10.1 Å². The summed E-state index contributed by atoms with van der Waals surface area (Å²) in [7, 11) is -2.23. The van der Waals surface area contributed by atoms with Crippen LogP contribution in [0.15, 0.2) is 59.5 Å². The number of likely N-dealkylation sites (N-methyl/N-ethyl adjacent to an activating group) is 1. The monoisotopic (exact) mass is 443 g/mol. The van der Waals surface area contributed by atoms with E-state index in [9.17, 15) is 13.2 Å². The van der Waals surface area contributed by atoms with Crippen LogP contribution in [0.4, 0.5) is 0 Å². The van der Waals surface area contributed by atoms with Gasteiger partial charge in [0.2, 0.25) is 15.8 Å². The lowest BCUT2D eigenvalue weighted by Crippen LogP contribution is -2.34. The summed E-state index contributed by atoms with van der Waals surface area (Å²) in [6.45, 7) is 3.21. The molecule has 0 unspecified atom stereocenters. The Kier molecular flexibility index (Phi) is 7.16. The highest BCUT2D eigenvalue weighted by atomic mass is 32.2. The van der Waals surface area contributed by atoms with Crippen molar-refractivity contribution in [2.45, 2.75) is 18.2 Å². The van der Waals surface area contributed by atoms with Crippen LogP contribution in [0.3, 0.4) is 0 Å². The first-order valence-electron chi connectivity index (χ1n) is 9.74. The van der Waals surface area contributed by atoms with Crippen LogP contribution >= 0.6 is 0 Å². The van der Waals surface area contributed by atoms with Gasteiger partial charge in [-0.25, -0.2) is 23.2 Å². The van der Waals surface area contributed by atoms with Gasteiger partial charge in [0, 0.05) is 26.6 Å². The SMILES string of the molecule is CCN(CCOC)C(=O)c1nc(Cc2ccccc2)n(-c2ccc(S(N)(=O)=O)cc2)n1. The molecule has 164 valence electrons. The quantitative estimate of drug-likeness (QED) is 0.536. The number of hydrogen-bond donors (Lipinski definition) is 1. The zero-order valence-corrected chi connectivity index (χ0v) is 18.2. The molecule has 2 aromatic carbocycles. The lowest BCUT2D eigenvalue weighted by atomic mass is 10.1. The second kappa shape index (κ2) is 9.82. The number of ether oxygens (including phenoxy) is 1. The Morgan fingerprint density at radius 2 is 1.81 bits per heavy atom. The van der Waals surface area contributed by atoms with E-state index < -0.39 is 10.0 Å². The fourth-order valence-corrected chi connectivity index (χ4v) is 3.57. The van der Waals surface area contributed by atoms with Crippen molar-refractivity contribution in [1.29, 1.82) is 0 Å². The zero-order valence-electron chi connectivity index (χ0n) is 17.4. The second-order valence-electron chi connectivity index (χ2n) is 6.84. The minimum Gasteiger partial charge on any atom is -0.383 e. The minimum atomic E-state index is -3.81. The highest BCUT2D eigenvalue weighted by Crippen LogP contribution is 2.17. The molecule has 1 heterocycles. The topological polar surface area (TPSA) is 120 Å². The summed E-state index contributed by atoms with van der Waals surface area (Å²) in [6.07, 6.45) is 0.447. The largest absolute Gasteiger partial charge is 0.383 e. The molecular formula is C21H25N5O4S. The number of sulfonamides is 1. The predicted molar refractivity (Wildman–Crippen MR) is 115 cm³/mol. The van der Waals surface area contributed by atoms with Gasteiger partial charge in [-0.2, -0.15) is 0 Å². The summed E-state index contributed by atoms with van der Waals surface area (Å²) in [6, 6.07) is 15.7. The smallest absolute Gasteiger partial charge is 0.293 e. The third kappa shape index (κ3) is 5.54. The fraction of sp³-hybridized carbons (Fsp3) is 0.286. The first kappa shape index (κ1) is 22.6. The molecule has 2 N–H and O–H groups in total. The first-order valence-corrected chi connectivity index (χ1v) is 11.3. The van der Waals surface area contributed by atoms with Crippen molar-refractivity contribution in [1.82, 2.24) is 19.7 Å². The normalized spacial score (nSPS) is 11.5. The van der Waals surface area contributed by atoms with Crippen LogP contribution < -0.4 is 5.14 Å². The van der Waals surface area contributed by atoms with E-state index in [1.807, 2.05) is 37.3 Å². The lowest BCUT2D eigenvalue weighted by molar-refractivity contribution is 0.0694. The fourth-order valence-electron chi connectivity index (χ4n) is 3.06. The molecule has 0 spiro atoms. The Morgan fingerprint density at radius 1 is 1.13 bits per heavy atom. The number of amides is 1. The Balaban J connectivity index is 2.00. The molecule has 0 saturated heterocycles. The maximum Gasteiger partial charge on any atom is 0.293 e. The third-order valence-electron chi connectivity index (χ3n) is 4.71. The molecule has 0 bridgehead atoms. The molecule has 1 amide bonds. The number of rotatable bonds is 9. The number of nitrogens with two attached hydrogens (primary N) is 1. The Morgan fingerprint density at radius 3 is 2.39 bits per heavy atom. The van der Waals surface area contributed by atoms with Crippen molar-refractivity contribution in [2.75, 3.05) is 26.8 Å². The van der Waals surface area contributed by atoms with Gasteiger partial charge in [-0.05, 0) is 36.8 Å². The van der Waals surface area contributed by atoms with E-state index in [0.29, 0.717) is 37.6 Å². The van der Waals surface area contributed by atoms with E-state index in [1.165, 1.54) is 12.1 Å². The van der Waals surface area contributed by atoms with E-state index >= 15 is 0 Å². The van der Waals surface area contributed by atoms with Crippen LogP contribution in [0.25, 0.3) is 5.69 Å². The number of primary sulfonamides is 1. The first-order chi connectivity index (χ1) is 14.8. The molecule has 9 nitrogen and oxygen atoms in total. The molecule has 0 aliphatic carbocycles. The Labute approximate surface area is 181 Å². The molecular weight excluding hydrogens is 418 g/mol. The number of carbonyl (C=O) groups is 1. The molecule has 10 heteroatoms. The molecule has 0 saturated carbocycles. The van der Waals surface area contributed by atoms with E-state index in [-0.39, 0.29) is 16.6 Å². The molecule has 0 radical (unpaired) electrons. The van der Waals surface area contributed by atoms with E-state index in [4.69, 9.17) is 9.88 Å². The Bertz CT molecular complexity index is 1130. The number of methoxy groups -OCH3 is 1. The van der Waals surface area contributed by atoms with Crippen molar-refractivity contribution in [2.24, 2.45) is 5.14 Å². The van der Waals surface area contributed by atoms with Gasteiger partial charge in [0.1, 0.15) is 5.82 Å². The average Bonchev–Trinajstić information content (AvgIpc) is 3.18. The maximum atomic E-state index is 13.0. The van der Waals surface area contributed by atoms with Gasteiger partial charge >= 0.3 is 0 Å². The lowest BCUT2D eigenvalue weighted by Gasteiger charge is -2.18. The van der Waals surface area contributed by atoms with Gasteiger partial charge in [0.05, 0.1) is 17.2 Å². The summed E-state index contributed by atoms with van der Waals surface area (Å²) in [5.41, 5.74) is 1.58. The Hall–Kier alpha value is -3.08. The number of hydrogen-bond acceptors (Lipinski definition) is 6. The standard InChI is InChI=1S/C21H25N5O4S/c1-3-25(13-14-30-2)21(27)20-23-19(15-16-7-5-4-6-8-16)26(24-20)17-9-11-18(12-10-17)31(22,28)29/h4-12H,3,13-15H2,1-2H3,(H2,22,28,29). The number of carbonyl (C=O) groups excluding carboxylic acids is 1. The van der Waals surface area contributed by atoms with Crippen molar-refractivity contribution in [3.8, 4) is 5.69 Å². The number of nitrogens with zero attached hydrogens (tertiary/aromatic N) is 4. The van der Waals surface area contributed by atoms with Gasteiger partial charge in [-0.1, -0.05) is 30.3 Å². The van der Waals surface area contributed by atoms with Gasteiger partial charge in [0.25, 0.3) is 5.91 Å². The molecule has 3 aromatic rings. The molecule has 0 aliphatic heterocycles. The highest BCUT2D eigenvalue weighted by Gasteiger charge is 2.22. The summed E-state index contributed by atoms with van der Waals surface area (Å²) >= 11 is 0. The summed E-state index contributed by atoms with van der Waals surface area (Å²) in [5.74, 6) is 0.328. The van der Waals surface area contributed by atoms with Crippen molar-refractivity contribution in [3.05, 3.63) is 71.8 Å². The van der Waals surface area contributed by atoms with Crippen LogP contribution in [-0.2, 0) is 21.2 Å². The van der Waals surface area contributed by atoms with Gasteiger partial charge in [0.15, 0.2) is 0 Å². The van der Waals surface area contributed by atoms with Crippen LogP contribution in [-0.4, -0.2) is 60.8 Å². The van der Waals surface area contributed by atoms with Crippen LogP contribution in [0.5, 0.6) is 0 Å². The second-order valence-corrected chi connectivity index (χ2v) is 8.40. The summed E-state index contributed by atoms with van der Waals surface area (Å²) in [5, 5.41) is 9.63. The van der Waals surface area contributed by atoms with Crippen molar-refractivity contribution < 1.29 is 17.9 Å². The van der Waals surface area contributed by atoms with E-state index in [1.54, 1.807) is 28.8 Å². The molecule has 1 aromatic heterocycles. The van der Waals surface area contributed by atoms with E-state index in [0.717, 1.165) is 5.56 Å². The maximum absolute atomic E-state index is 13.0. The molecule has 31 heavy (non-hydrogen) atoms. The number of aromatic nitrogens is 3. The third-order valence-corrected chi connectivity index (χ3v) is 5.64. The van der Waals surface area contributed by atoms with Gasteiger partial charge < -0.3 is 9.64 Å². The van der Waals surface area contributed by atoms with Crippen molar-refractivity contribution >= 4 is 15.9 Å². The van der Waals surface area contributed by atoms with Crippen LogP contribution in [0.2, 0.25) is 0 Å². The van der Waals surface area contributed by atoms with Gasteiger partial charge in [-0.3, -0.25) is 4.79 Å².